The molecule has 1 N–H and O–H groups in total. The molecular formula is C24H29N3O3. The van der Waals surface area contributed by atoms with Gasteiger partial charge in [-0.3, -0.25) is 14.4 Å². The first-order chi connectivity index (χ1) is 14.6. The molecule has 2 aliphatic heterocycles. The Morgan fingerprint density at radius 1 is 0.867 bits per heavy atom. The van der Waals surface area contributed by atoms with E-state index in [2.05, 4.69) is 5.32 Å². The van der Waals surface area contributed by atoms with Gasteiger partial charge in [0.1, 0.15) is 0 Å². The van der Waals surface area contributed by atoms with Crippen molar-refractivity contribution < 1.29 is 14.4 Å². The number of hydrogen-bond donors (Lipinski definition) is 1. The first-order valence-corrected chi connectivity index (χ1v) is 11.0. The fourth-order valence-electron chi connectivity index (χ4n) is 4.45. The molecule has 2 aromatic rings. The molecule has 6 nitrogen and oxygen atoms in total. The van der Waals surface area contributed by atoms with Gasteiger partial charge in [-0.15, -0.1) is 0 Å². The Morgan fingerprint density at radius 2 is 1.57 bits per heavy atom. The van der Waals surface area contributed by atoms with Gasteiger partial charge < -0.3 is 15.1 Å². The second kappa shape index (κ2) is 9.28. The van der Waals surface area contributed by atoms with Gasteiger partial charge in [0, 0.05) is 50.6 Å². The summed E-state index contributed by atoms with van der Waals surface area (Å²) in [5.74, 6) is 0.200. The van der Waals surface area contributed by atoms with Crippen molar-refractivity contribution in [2.24, 2.45) is 5.92 Å². The molecule has 0 spiro atoms. The van der Waals surface area contributed by atoms with E-state index in [1.165, 1.54) is 0 Å². The number of fused-ring (bicyclic) bond motifs is 1. The minimum absolute atomic E-state index is 0.0425. The van der Waals surface area contributed by atoms with Gasteiger partial charge in [-0.25, -0.2) is 0 Å². The van der Waals surface area contributed by atoms with E-state index in [1.807, 2.05) is 52.3 Å². The zero-order chi connectivity index (χ0) is 20.9. The summed E-state index contributed by atoms with van der Waals surface area (Å²) in [4.78, 5) is 41.2. The molecular weight excluding hydrogens is 378 g/mol. The van der Waals surface area contributed by atoms with Crippen LogP contribution in [0.2, 0.25) is 0 Å². The molecule has 2 fully saturated rings. The van der Waals surface area contributed by atoms with Gasteiger partial charge in [0.2, 0.25) is 11.8 Å². The van der Waals surface area contributed by atoms with Crippen molar-refractivity contribution in [2.45, 2.75) is 32.1 Å². The van der Waals surface area contributed by atoms with Crippen LogP contribution < -0.4 is 5.32 Å². The summed E-state index contributed by atoms with van der Waals surface area (Å²) in [6, 6.07) is 13.5. The van der Waals surface area contributed by atoms with Gasteiger partial charge in [-0.05, 0) is 48.6 Å². The van der Waals surface area contributed by atoms with Crippen LogP contribution in [0.25, 0.3) is 10.8 Å². The molecule has 2 aromatic carbocycles. The highest BCUT2D eigenvalue weighted by atomic mass is 16.2. The number of benzene rings is 2. The summed E-state index contributed by atoms with van der Waals surface area (Å²) in [7, 11) is 0. The van der Waals surface area contributed by atoms with Gasteiger partial charge in [0.15, 0.2) is 0 Å². The van der Waals surface area contributed by atoms with Crippen LogP contribution in [-0.2, 0) is 9.59 Å². The van der Waals surface area contributed by atoms with E-state index >= 15 is 0 Å². The Morgan fingerprint density at radius 3 is 2.30 bits per heavy atom. The van der Waals surface area contributed by atoms with Crippen LogP contribution in [0.15, 0.2) is 42.5 Å². The van der Waals surface area contributed by atoms with Crippen LogP contribution in [0.4, 0.5) is 0 Å². The van der Waals surface area contributed by atoms with Crippen LogP contribution in [0.5, 0.6) is 0 Å². The molecule has 0 atom stereocenters. The van der Waals surface area contributed by atoms with Crippen molar-refractivity contribution in [3.8, 4) is 0 Å². The topological polar surface area (TPSA) is 69.7 Å². The molecule has 0 aliphatic carbocycles. The first kappa shape index (κ1) is 20.4. The molecule has 30 heavy (non-hydrogen) atoms. The third-order valence-electron chi connectivity index (χ3n) is 6.25. The second-order valence-corrected chi connectivity index (χ2v) is 8.26. The number of hydrogen-bond acceptors (Lipinski definition) is 3. The largest absolute Gasteiger partial charge is 0.352 e. The molecule has 2 heterocycles. The summed E-state index contributed by atoms with van der Waals surface area (Å²) in [5.41, 5.74) is 0.599. The molecule has 4 rings (SSSR count). The lowest BCUT2D eigenvalue weighted by atomic mass is 9.95. The quantitative estimate of drug-likeness (QED) is 0.829. The molecule has 0 saturated carbocycles. The minimum Gasteiger partial charge on any atom is -0.352 e. The van der Waals surface area contributed by atoms with E-state index in [0.717, 1.165) is 49.5 Å². The van der Waals surface area contributed by atoms with E-state index in [4.69, 9.17) is 0 Å². The van der Waals surface area contributed by atoms with Crippen LogP contribution in [0.1, 0.15) is 42.5 Å². The number of carbonyl (C=O) groups excluding carboxylic acids is 3. The zero-order valence-electron chi connectivity index (χ0n) is 17.3. The molecule has 6 heteroatoms. The Balaban J connectivity index is 1.21. The lowest BCUT2D eigenvalue weighted by molar-refractivity contribution is -0.140. The lowest BCUT2D eigenvalue weighted by Crippen LogP contribution is -2.44. The van der Waals surface area contributed by atoms with E-state index in [-0.39, 0.29) is 30.1 Å². The SMILES string of the molecule is O=C(NCCC(=O)N1CCC(C(=O)N2CCCC2)CC1)c1ccc2ccccc2c1. The van der Waals surface area contributed by atoms with Gasteiger partial charge in [-0.1, -0.05) is 30.3 Å². The van der Waals surface area contributed by atoms with Crippen LogP contribution >= 0.6 is 0 Å². The Labute approximate surface area is 177 Å². The highest BCUT2D eigenvalue weighted by Gasteiger charge is 2.31. The predicted molar refractivity (Wildman–Crippen MR) is 116 cm³/mol. The number of rotatable bonds is 5. The molecule has 2 saturated heterocycles. The third-order valence-corrected chi connectivity index (χ3v) is 6.25. The summed E-state index contributed by atoms with van der Waals surface area (Å²) < 4.78 is 0. The Kier molecular flexibility index (Phi) is 6.31. The van der Waals surface area contributed by atoms with Crippen LogP contribution in [0, 0.1) is 5.92 Å². The van der Waals surface area contributed by atoms with Crippen molar-refractivity contribution >= 4 is 28.5 Å². The molecule has 0 bridgehead atoms. The molecule has 0 unspecified atom stereocenters. The summed E-state index contributed by atoms with van der Waals surface area (Å²) in [6.45, 7) is 3.34. The van der Waals surface area contributed by atoms with E-state index < -0.39 is 0 Å². The third kappa shape index (κ3) is 4.64. The smallest absolute Gasteiger partial charge is 0.251 e. The maximum absolute atomic E-state index is 12.5. The van der Waals surface area contributed by atoms with E-state index in [9.17, 15) is 14.4 Å². The number of carbonyl (C=O) groups is 3. The number of amides is 3. The maximum Gasteiger partial charge on any atom is 0.251 e. The lowest BCUT2D eigenvalue weighted by Gasteiger charge is -2.33. The Bertz CT molecular complexity index is 928. The number of likely N-dealkylation sites (tertiary alicyclic amines) is 2. The number of piperidine rings is 1. The van der Waals surface area contributed by atoms with Crippen molar-refractivity contribution in [1.29, 1.82) is 0 Å². The van der Waals surface area contributed by atoms with Crippen molar-refractivity contribution in [3.63, 3.8) is 0 Å². The maximum atomic E-state index is 12.5. The standard InChI is InChI=1S/C24H29N3O3/c28-22(26-15-10-19(11-16-26)24(30)27-13-3-4-14-27)9-12-25-23(29)21-8-7-18-5-1-2-6-20(18)17-21/h1-2,5-8,17,19H,3-4,9-16H2,(H,25,29). The van der Waals surface area contributed by atoms with Crippen LogP contribution in [-0.4, -0.2) is 60.2 Å². The van der Waals surface area contributed by atoms with Gasteiger partial charge >= 0.3 is 0 Å². The highest BCUT2D eigenvalue weighted by molar-refractivity contribution is 5.98. The van der Waals surface area contributed by atoms with Crippen molar-refractivity contribution in [1.82, 2.24) is 15.1 Å². The summed E-state index contributed by atoms with van der Waals surface area (Å²) >= 11 is 0. The highest BCUT2D eigenvalue weighted by Crippen LogP contribution is 2.22. The summed E-state index contributed by atoms with van der Waals surface area (Å²) in [5, 5.41) is 4.96. The fourth-order valence-corrected chi connectivity index (χ4v) is 4.45. The number of nitrogens with zero attached hydrogens (tertiary/aromatic N) is 2. The van der Waals surface area contributed by atoms with Gasteiger partial charge in [-0.2, -0.15) is 0 Å². The van der Waals surface area contributed by atoms with Crippen molar-refractivity contribution in [2.75, 3.05) is 32.7 Å². The molecule has 158 valence electrons. The molecule has 2 aliphatic rings. The monoisotopic (exact) mass is 407 g/mol. The second-order valence-electron chi connectivity index (χ2n) is 8.26. The molecule has 0 radical (unpaired) electrons. The zero-order valence-corrected chi connectivity index (χ0v) is 17.3. The average molecular weight is 408 g/mol. The van der Waals surface area contributed by atoms with Crippen molar-refractivity contribution in [3.05, 3.63) is 48.0 Å². The fraction of sp³-hybridized carbons (Fsp3) is 0.458. The predicted octanol–water partition coefficient (Wildman–Crippen LogP) is 2.82. The first-order valence-electron chi connectivity index (χ1n) is 11.0. The van der Waals surface area contributed by atoms with Gasteiger partial charge in [0.25, 0.3) is 5.91 Å². The molecule has 0 aromatic heterocycles. The Hall–Kier alpha value is -2.89. The average Bonchev–Trinajstić information content (AvgIpc) is 3.33. The minimum atomic E-state index is -0.163. The summed E-state index contributed by atoms with van der Waals surface area (Å²) in [6.07, 6.45) is 3.97. The number of nitrogens with one attached hydrogen (secondary N) is 1. The van der Waals surface area contributed by atoms with E-state index in [1.54, 1.807) is 0 Å². The normalized spacial score (nSPS) is 17.3. The van der Waals surface area contributed by atoms with Gasteiger partial charge in [0.05, 0.1) is 0 Å². The molecule has 3 amide bonds. The van der Waals surface area contributed by atoms with Crippen LogP contribution in [0.3, 0.4) is 0 Å². The van der Waals surface area contributed by atoms with E-state index in [0.29, 0.717) is 25.2 Å².